The zero-order chi connectivity index (χ0) is 16.4. The van der Waals surface area contributed by atoms with Crippen LogP contribution in [0.5, 0.6) is 5.75 Å². The number of carbonyl (C=O) groups excluding carboxylic acids is 1. The van der Waals surface area contributed by atoms with Crippen molar-refractivity contribution < 1.29 is 9.90 Å². The van der Waals surface area contributed by atoms with E-state index in [4.69, 9.17) is 0 Å². The zero-order valence-corrected chi connectivity index (χ0v) is 14.7. The summed E-state index contributed by atoms with van der Waals surface area (Å²) in [6, 6.07) is 5.97. The maximum atomic E-state index is 12.6. The summed E-state index contributed by atoms with van der Waals surface area (Å²) in [6.07, 6.45) is 5.11. The molecule has 5 heteroatoms. The monoisotopic (exact) mass is 334 g/mol. The third-order valence-corrected chi connectivity index (χ3v) is 6.40. The van der Waals surface area contributed by atoms with E-state index >= 15 is 0 Å². The molecule has 1 saturated carbocycles. The van der Waals surface area contributed by atoms with E-state index in [1.807, 2.05) is 35.8 Å². The van der Waals surface area contributed by atoms with Crippen molar-refractivity contribution in [1.29, 1.82) is 0 Å². The Balaban J connectivity index is 1.59. The van der Waals surface area contributed by atoms with Crippen LogP contribution in [-0.4, -0.2) is 40.1 Å². The highest BCUT2D eigenvalue weighted by Crippen LogP contribution is 2.37. The lowest BCUT2D eigenvalue weighted by molar-refractivity contribution is 0.187. The van der Waals surface area contributed by atoms with Crippen molar-refractivity contribution in [2.75, 3.05) is 12.8 Å². The first kappa shape index (κ1) is 16.5. The number of hydrogen-bond acceptors (Lipinski definition) is 3. The van der Waals surface area contributed by atoms with Crippen molar-refractivity contribution in [3.63, 3.8) is 0 Å². The zero-order valence-electron chi connectivity index (χ0n) is 13.9. The van der Waals surface area contributed by atoms with Gasteiger partial charge in [-0.3, -0.25) is 0 Å². The first-order valence-corrected chi connectivity index (χ1v) is 9.60. The fourth-order valence-corrected chi connectivity index (χ4v) is 4.99. The number of carbonyl (C=O) groups is 1. The number of amides is 2. The number of aromatic hydroxyl groups is 1. The van der Waals surface area contributed by atoms with Crippen LogP contribution in [0.15, 0.2) is 18.2 Å². The molecule has 0 unspecified atom stereocenters. The Kier molecular flexibility index (Phi) is 5.05. The lowest BCUT2D eigenvalue weighted by atomic mass is 10.1. The van der Waals surface area contributed by atoms with E-state index in [9.17, 15) is 9.90 Å². The first-order chi connectivity index (χ1) is 11.1. The maximum absolute atomic E-state index is 12.6. The molecule has 2 aliphatic carbocycles. The second kappa shape index (κ2) is 7.04. The minimum absolute atomic E-state index is 0.0124. The van der Waals surface area contributed by atoms with Crippen LogP contribution in [0.25, 0.3) is 0 Å². The Morgan fingerprint density at radius 3 is 3.00 bits per heavy atom. The van der Waals surface area contributed by atoms with Crippen molar-refractivity contribution in [2.24, 2.45) is 0 Å². The number of thioether (sulfide) groups is 1. The molecular weight excluding hydrogens is 308 g/mol. The third-order valence-electron chi connectivity index (χ3n) is 5.17. The summed E-state index contributed by atoms with van der Waals surface area (Å²) in [5.74, 6) is 1.50. The Labute approximate surface area is 142 Å². The molecule has 1 aromatic carbocycles. The third kappa shape index (κ3) is 3.44. The molecule has 126 valence electrons. The average molecular weight is 334 g/mol. The number of rotatable bonds is 4. The highest BCUT2D eigenvalue weighted by molar-refractivity contribution is 7.99. The highest BCUT2D eigenvalue weighted by Gasteiger charge is 2.32. The van der Waals surface area contributed by atoms with Crippen molar-refractivity contribution in [2.45, 2.75) is 56.4 Å². The van der Waals surface area contributed by atoms with Crippen molar-refractivity contribution in [3.8, 4) is 5.75 Å². The summed E-state index contributed by atoms with van der Waals surface area (Å²) in [5.41, 5.74) is 2.05. The Morgan fingerprint density at radius 1 is 1.39 bits per heavy atom. The number of nitrogens with one attached hydrogen (secondary N) is 1. The SMILES string of the molecule is CCS[C@@H]1CC[C@H](N(C)C(=O)N[C@H]2CCc3c(O)cccc32)C1. The molecule has 0 heterocycles. The Bertz CT molecular complexity index is 578. The van der Waals surface area contributed by atoms with Gasteiger partial charge in [0, 0.05) is 18.3 Å². The van der Waals surface area contributed by atoms with E-state index in [0.717, 1.165) is 42.6 Å². The fourth-order valence-electron chi connectivity index (χ4n) is 3.86. The molecule has 0 aliphatic heterocycles. The largest absolute Gasteiger partial charge is 0.508 e. The summed E-state index contributed by atoms with van der Waals surface area (Å²) in [4.78, 5) is 14.5. The van der Waals surface area contributed by atoms with E-state index in [0.29, 0.717) is 17.0 Å². The van der Waals surface area contributed by atoms with Gasteiger partial charge in [0.05, 0.1) is 6.04 Å². The second-order valence-electron chi connectivity index (χ2n) is 6.54. The molecule has 2 amide bonds. The van der Waals surface area contributed by atoms with Gasteiger partial charge in [0.2, 0.25) is 0 Å². The minimum atomic E-state index is 0.0124. The van der Waals surface area contributed by atoms with Crippen molar-refractivity contribution in [3.05, 3.63) is 29.3 Å². The molecule has 23 heavy (non-hydrogen) atoms. The van der Waals surface area contributed by atoms with Crippen LogP contribution >= 0.6 is 11.8 Å². The lowest BCUT2D eigenvalue weighted by Crippen LogP contribution is -2.43. The molecular formula is C18H26N2O2S. The summed E-state index contributed by atoms with van der Waals surface area (Å²) in [5, 5.41) is 13.8. The fraction of sp³-hybridized carbons (Fsp3) is 0.611. The van der Waals surface area contributed by atoms with E-state index in [1.165, 1.54) is 6.42 Å². The molecule has 2 N–H and O–H groups in total. The molecule has 1 aromatic rings. The van der Waals surface area contributed by atoms with Crippen LogP contribution in [0.4, 0.5) is 4.79 Å². The van der Waals surface area contributed by atoms with Crippen LogP contribution < -0.4 is 5.32 Å². The topological polar surface area (TPSA) is 52.6 Å². The molecule has 4 nitrogen and oxygen atoms in total. The molecule has 3 rings (SSSR count). The number of nitrogens with zero attached hydrogens (tertiary/aromatic N) is 1. The first-order valence-electron chi connectivity index (χ1n) is 8.55. The molecule has 0 aromatic heterocycles. The van der Waals surface area contributed by atoms with Gasteiger partial charge in [0.25, 0.3) is 0 Å². The van der Waals surface area contributed by atoms with Gasteiger partial charge in [-0.15, -0.1) is 0 Å². The second-order valence-corrected chi connectivity index (χ2v) is 8.12. The average Bonchev–Trinajstić information content (AvgIpc) is 3.15. The van der Waals surface area contributed by atoms with Crippen LogP contribution in [0.1, 0.15) is 49.8 Å². The van der Waals surface area contributed by atoms with Gasteiger partial charge in [-0.2, -0.15) is 11.8 Å². The molecule has 0 radical (unpaired) electrons. The number of urea groups is 1. The van der Waals surface area contributed by atoms with Gasteiger partial charge in [0.1, 0.15) is 5.75 Å². The molecule has 1 fully saturated rings. The molecule has 3 atom stereocenters. The minimum Gasteiger partial charge on any atom is -0.508 e. The molecule has 0 bridgehead atoms. The number of phenolic OH excluding ortho intramolecular Hbond substituents is 1. The highest BCUT2D eigenvalue weighted by atomic mass is 32.2. The van der Waals surface area contributed by atoms with E-state index in [-0.39, 0.29) is 12.1 Å². The summed E-state index contributed by atoms with van der Waals surface area (Å²) >= 11 is 2.01. The van der Waals surface area contributed by atoms with Crippen LogP contribution in [-0.2, 0) is 6.42 Å². The van der Waals surface area contributed by atoms with Crippen LogP contribution in [0.2, 0.25) is 0 Å². The van der Waals surface area contributed by atoms with Crippen LogP contribution in [0, 0.1) is 0 Å². The summed E-state index contributed by atoms with van der Waals surface area (Å²) in [7, 11) is 1.91. The molecule has 2 aliphatic rings. The van der Waals surface area contributed by atoms with Crippen molar-refractivity contribution in [1.82, 2.24) is 10.2 Å². The summed E-state index contributed by atoms with van der Waals surface area (Å²) < 4.78 is 0. The number of hydrogen-bond donors (Lipinski definition) is 2. The molecule has 0 spiro atoms. The van der Waals surface area contributed by atoms with Crippen molar-refractivity contribution >= 4 is 17.8 Å². The van der Waals surface area contributed by atoms with Gasteiger partial charge in [-0.25, -0.2) is 4.79 Å². The van der Waals surface area contributed by atoms with E-state index in [2.05, 4.69) is 12.2 Å². The van der Waals surface area contributed by atoms with Gasteiger partial charge in [-0.1, -0.05) is 19.1 Å². The summed E-state index contributed by atoms with van der Waals surface area (Å²) in [6.45, 7) is 2.20. The maximum Gasteiger partial charge on any atom is 0.317 e. The number of benzene rings is 1. The Morgan fingerprint density at radius 2 is 2.22 bits per heavy atom. The lowest BCUT2D eigenvalue weighted by Gasteiger charge is -2.27. The molecule has 0 saturated heterocycles. The van der Waals surface area contributed by atoms with Gasteiger partial charge >= 0.3 is 6.03 Å². The van der Waals surface area contributed by atoms with Gasteiger partial charge < -0.3 is 15.3 Å². The van der Waals surface area contributed by atoms with Crippen LogP contribution in [0.3, 0.4) is 0 Å². The predicted octanol–water partition coefficient (Wildman–Crippen LogP) is 3.70. The normalized spacial score (nSPS) is 26.1. The smallest absolute Gasteiger partial charge is 0.317 e. The van der Waals surface area contributed by atoms with Gasteiger partial charge in [-0.05, 0) is 55.1 Å². The number of fused-ring (bicyclic) bond motifs is 1. The predicted molar refractivity (Wildman–Crippen MR) is 95.0 cm³/mol. The Hall–Kier alpha value is -1.36. The number of phenols is 1. The van der Waals surface area contributed by atoms with Gasteiger partial charge in [0.15, 0.2) is 0 Å². The van der Waals surface area contributed by atoms with E-state index < -0.39 is 0 Å². The van der Waals surface area contributed by atoms with E-state index in [1.54, 1.807) is 6.07 Å². The standard InChI is InChI=1S/C18H26N2O2S/c1-3-23-13-8-7-12(11-13)20(2)18(22)19-16-10-9-15-14(16)5-4-6-17(15)21/h4-6,12-13,16,21H,3,7-11H2,1-2H3,(H,19,22)/t12-,13+,16-/m0/s1. The quantitative estimate of drug-likeness (QED) is 0.883.